The SMILES string of the molecule is NC(=O)/C=C/c1ccc([N+](=O)[O-])cc1[N+](=O)[O-]. The summed E-state index contributed by atoms with van der Waals surface area (Å²) in [5, 5.41) is 21.1. The van der Waals surface area contributed by atoms with E-state index in [0.717, 1.165) is 24.3 Å². The number of benzene rings is 1. The molecule has 0 aromatic heterocycles. The van der Waals surface area contributed by atoms with E-state index in [1.807, 2.05) is 0 Å². The summed E-state index contributed by atoms with van der Waals surface area (Å²) in [5.41, 5.74) is 4.05. The smallest absolute Gasteiger partial charge is 0.283 e. The van der Waals surface area contributed by atoms with E-state index in [4.69, 9.17) is 5.73 Å². The van der Waals surface area contributed by atoms with E-state index in [2.05, 4.69) is 0 Å². The summed E-state index contributed by atoms with van der Waals surface area (Å²) >= 11 is 0. The highest BCUT2D eigenvalue weighted by molar-refractivity contribution is 5.91. The maximum Gasteiger partial charge on any atom is 0.283 e. The van der Waals surface area contributed by atoms with Crippen molar-refractivity contribution in [3.8, 4) is 0 Å². The van der Waals surface area contributed by atoms with E-state index in [9.17, 15) is 25.0 Å². The molecule has 0 unspecified atom stereocenters. The number of carbonyl (C=O) groups excluding carboxylic acids is 1. The molecule has 0 aliphatic carbocycles. The summed E-state index contributed by atoms with van der Waals surface area (Å²) in [7, 11) is 0. The van der Waals surface area contributed by atoms with Gasteiger partial charge in [0.05, 0.1) is 21.5 Å². The van der Waals surface area contributed by atoms with Gasteiger partial charge in [0.15, 0.2) is 0 Å². The van der Waals surface area contributed by atoms with E-state index in [-0.39, 0.29) is 5.56 Å². The van der Waals surface area contributed by atoms with Gasteiger partial charge < -0.3 is 5.73 Å². The fourth-order valence-corrected chi connectivity index (χ4v) is 1.12. The third kappa shape index (κ3) is 3.09. The number of hydrogen-bond acceptors (Lipinski definition) is 5. The van der Waals surface area contributed by atoms with Gasteiger partial charge in [-0.1, -0.05) is 0 Å². The van der Waals surface area contributed by atoms with Gasteiger partial charge in [0.2, 0.25) is 5.91 Å². The van der Waals surface area contributed by atoms with Crippen LogP contribution in [0.5, 0.6) is 0 Å². The molecule has 8 heteroatoms. The van der Waals surface area contributed by atoms with E-state index in [1.54, 1.807) is 0 Å². The van der Waals surface area contributed by atoms with Crippen molar-refractivity contribution in [1.29, 1.82) is 0 Å². The molecule has 0 spiro atoms. The highest BCUT2D eigenvalue weighted by Gasteiger charge is 2.17. The van der Waals surface area contributed by atoms with E-state index in [0.29, 0.717) is 0 Å². The Bertz CT molecular complexity index is 523. The summed E-state index contributed by atoms with van der Waals surface area (Å²) in [5.74, 6) is -0.766. The predicted molar refractivity (Wildman–Crippen MR) is 58.0 cm³/mol. The van der Waals surface area contributed by atoms with Crippen LogP contribution in [0.1, 0.15) is 5.56 Å². The molecule has 17 heavy (non-hydrogen) atoms. The van der Waals surface area contributed by atoms with Crippen molar-refractivity contribution in [2.75, 3.05) is 0 Å². The number of primary amides is 1. The maximum absolute atomic E-state index is 10.7. The summed E-state index contributed by atoms with van der Waals surface area (Å²) in [4.78, 5) is 30.1. The Morgan fingerprint density at radius 1 is 1.24 bits per heavy atom. The first-order chi connectivity index (χ1) is 7.91. The molecular weight excluding hydrogens is 230 g/mol. The summed E-state index contributed by atoms with van der Waals surface area (Å²) in [6.45, 7) is 0. The third-order valence-corrected chi connectivity index (χ3v) is 1.85. The second-order valence-corrected chi connectivity index (χ2v) is 2.99. The minimum Gasteiger partial charge on any atom is -0.366 e. The highest BCUT2D eigenvalue weighted by Crippen LogP contribution is 2.25. The zero-order valence-corrected chi connectivity index (χ0v) is 8.40. The van der Waals surface area contributed by atoms with Crippen molar-refractivity contribution in [3.63, 3.8) is 0 Å². The molecule has 0 aliphatic rings. The lowest BCUT2D eigenvalue weighted by Gasteiger charge is -1.97. The first-order valence-electron chi connectivity index (χ1n) is 4.32. The van der Waals surface area contributed by atoms with Gasteiger partial charge in [0, 0.05) is 12.1 Å². The molecule has 0 fully saturated rings. The molecule has 2 N–H and O–H groups in total. The number of amides is 1. The first-order valence-corrected chi connectivity index (χ1v) is 4.32. The Morgan fingerprint density at radius 2 is 1.88 bits per heavy atom. The van der Waals surface area contributed by atoms with Crippen molar-refractivity contribution in [1.82, 2.24) is 0 Å². The molecule has 88 valence electrons. The Labute approximate surface area is 94.6 Å². The van der Waals surface area contributed by atoms with Crippen LogP contribution in [0.25, 0.3) is 6.08 Å². The summed E-state index contributed by atoms with van der Waals surface area (Å²) in [6.07, 6.45) is 2.07. The molecular formula is C9H7N3O5. The molecule has 0 radical (unpaired) electrons. The fraction of sp³-hybridized carbons (Fsp3) is 0. The lowest BCUT2D eigenvalue weighted by Crippen LogP contribution is -2.05. The normalized spacial score (nSPS) is 10.4. The standard InChI is InChI=1S/C9H7N3O5/c10-9(13)4-2-6-1-3-7(11(14)15)5-8(6)12(16)17/h1-5H,(H2,10,13)/b4-2+. The Morgan fingerprint density at radius 3 is 2.35 bits per heavy atom. The average molecular weight is 237 g/mol. The Hall–Kier alpha value is -2.77. The Balaban J connectivity index is 3.27. The van der Waals surface area contributed by atoms with Gasteiger partial charge in [-0.3, -0.25) is 25.0 Å². The third-order valence-electron chi connectivity index (χ3n) is 1.85. The van der Waals surface area contributed by atoms with Crippen LogP contribution in [0, 0.1) is 20.2 Å². The van der Waals surface area contributed by atoms with Crippen LogP contribution in [0.15, 0.2) is 24.3 Å². The van der Waals surface area contributed by atoms with Crippen LogP contribution in [0.4, 0.5) is 11.4 Å². The predicted octanol–water partition coefficient (Wildman–Crippen LogP) is 1.00. The molecule has 1 aromatic rings. The van der Waals surface area contributed by atoms with Crippen LogP contribution in [-0.4, -0.2) is 15.8 Å². The van der Waals surface area contributed by atoms with Gasteiger partial charge in [0.1, 0.15) is 0 Å². The van der Waals surface area contributed by atoms with Crippen molar-refractivity contribution < 1.29 is 14.6 Å². The van der Waals surface area contributed by atoms with Crippen molar-refractivity contribution in [3.05, 3.63) is 50.1 Å². The van der Waals surface area contributed by atoms with Crippen LogP contribution in [0.3, 0.4) is 0 Å². The molecule has 1 aromatic carbocycles. The van der Waals surface area contributed by atoms with E-state index >= 15 is 0 Å². The van der Waals surface area contributed by atoms with Crippen LogP contribution < -0.4 is 5.73 Å². The molecule has 0 saturated carbocycles. The summed E-state index contributed by atoms with van der Waals surface area (Å²) < 4.78 is 0. The average Bonchev–Trinajstić information content (AvgIpc) is 2.25. The molecule has 8 nitrogen and oxygen atoms in total. The van der Waals surface area contributed by atoms with Crippen LogP contribution in [-0.2, 0) is 4.79 Å². The minimum atomic E-state index is -0.770. The fourth-order valence-electron chi connectivity index (χ4n) is 1.12. The van der Waals surface area contributed by atoms with Crippen molar-refractivity contribution >= 4 is 23.4 Å². The second-order valence-electron chi connectivity index (χ2n) is 2.99. The number of nitrogens with zero attached hydrogens (tertiary/aromatic N) is 2. The largest absolute Gasteiger partial charge is 0.366 e. The lowest BCUT2D eigenvalue weighted by molar-refractivity contribution is -0.394. The Kier molecular flexibility index (Phi) is 3.50. The van der Waals surface area contributed by atoms with Crippen molar-refractivity contribution in [2.24, 2.45) is 5.73 Å². The van der Waals surface area contributed by atoms with Gasteiger partial charge in [-0.05, 0) is 12.1 Å². The monoisotopic (exact) mass is 237 g/mol. The molecule has 0 atom stereocenters. The molecule has 0 bridgehead atoms. The van der Waals surface area contributed by atoms with Crippen LogP contribution in [0.2, 0.25) is 0 Å². The highest BCUT2D eigenvalue weighted by atomic mass is 16.6. The van der Waals surface area contributed by atoms with Crippen molar-refractivity contribution in [2.45, 2.75) is 0 Å². The number of carbonyl (C=O) groups is 1. The summed E-state index contributed by atoms with van der Waals surface area (Å²) in [6, 6.07) is 3.10. The molecule has 1 amide bonds. The number of rotatable bonds is 4. The lowest BCUT2D eigenvalue weighted by atomic mass is 10.1. The van der Waals surface area contributed by atoms with E-state index < -0.39 is 27.1 Å². The quantitative estimate of drug-likeness (QED) is 0.474. The number of nitrogens with two attached hydrogens (primary N) is 1. The van der Waals surface area contributed by atoms with Crippen LogP contribution >= 0.6 is 0 Å². The van der Waals surface area contributed by atoms with Gasteiger partial charge in [-0.15, -0.1) is 0 Å². The first kappa shape index (κ1) is 12.3. The molecule has 0 saturated heterocycles. The van der Waals surface area contributed by atoms with Gasteiger partial charge >= 0.3 is 0 Å². The number of nitro benzene ring substituents is 2. The topological polar surface area (TPSA) is 129 Å². The minimum absolute atomic E-state index is 0.0689. The van der Waals surface area contributed by atoms with Gasteiger partial charge in [0.25, 0.3) is 11.4 Å². The maximum atomic E-state index is 10.7. The zero-order valence-electron chi connectivity index (χ0n) is 8.40. The molecule has 0 heterocycles. The number of nitro groups is 2. The molecule has 0 aliphatic heterocycles. The van der Waals surface area contributed by atoms with Gasteiger partial charge in [-0.25, -0.2) is 0 Å². The second kappa shape index (κ2) is 4.84. The van der Waals surface area contributed by atoms with Gasteiger partial charge in [-0.2, -0.15) is 0 Å². The number of non-ortho nitro benzene ring substituents is 1. The number of hydrogen-bond donors (Lipinski definition) is 1. The molecule has 1 rings (SSSR count). The zero-order chi connectivity index (χ0) is 13.0. The van der Waals surface area contributed by atoms with E-state index in [1.165, 1.54) is 6.07 Å².